The first-order valence-electron chi connectivity index (χ1n) is 8.80. The molecule has 0 unspecified atom stereocenters. The summed E-state index contributed by atoms with van der Waals surface area (Å²) < 4.78 is 2.62. The lowest BCUT2D eigenvalue weighted by atomic mass is 10.1. The summed E-state index contributed by atoms with van der Waals surface area (Å²) in [7, 11) is 3.16. The molecule has 0 radical (unpaired) electrons. The molecule has 1 aliphatic heterocycles. The Morgan fingerprint density at radius 1 is 0.963 bits per heavy atom. The molecule has 0 N–H and O–H groups in total. The predicted molar refractivity (Wildman–Crippen MR) is 108 cm³/mol. The number of piperazine rings is 1. The molecule has 1 aliphatic rings. The Morgan fingerprint density at radius 2 is 1.59 bits per heavy atom. The number of ketones is 1. The lowest BCUT2D eigenvalue weighted by Crippen LogP contribution is -2.49. The molecule has 0 saturated carbocycles. The fourth-order valence-electron chi connectivity index (χ4n) is 3.25. The second-order valence-corrected chi connectivity index (χ2v) is 6.61. The summed E-state index contributed by atoms with van der Waals surface area (Å²) in [4.78, 5) is 40.5. The van der Waals surface area contributed by atoms with Gasteiger partial charge < -0.3 is 4.90 Å². The van der Waals surface area contributed by atoms with E-state index in [0.717, 1.165) is 42.9 Å². The third kappa shape index (κ3) is 4.67. The van der Waals surface area contributed by atoms with E-state index < -0.39 is 0 Å². The van der Waals surface area contributed by atoms with Crippen molar-refractivity contribution in [3.05, 3.63) is 62.8 Å². The van der Waals surface area contributed by atoms with Crippen LogP contribution in [0.2, 0.25) is 0 Å². The van der Waals surface area contributed by atoms with Gasteiger partial charge in [0.15, 0.2) is 5.78 Å². The van der Waals surface area contributed by atoms with Crippen molar-refractivity contribution in [2.24, 2.45) is 14.1 Å². The Kier molecular flexibility index (Phi) is 6.98. The standard InChI is InChI=1S/C19H24N4O3.ClH/c1-20-17(14-18(25)21(2)19(20)26)23-12-10-22(11-13-23)9-8-16(24)15-6-4-3-5-7-15;/h3-7,14H,8-13H2,1-2H3;1H. The van der Waals surface area contributed by atoms with Gasteiger partial charge in [0.25, 0.3) is 5.56 Å². The fourth-order valence-corrected chi connectivity index (χ4v) is 3.25. The van der Waals surface area contributed by atoms with Gasteiger partial charge in [-0.1, -0.05) is 30.3 Å². The predicted octanol–water partition coefficient (Wildman–Crippen LogP) is 0.901. The average Bonchev–Trinajstić information content (AvgIpc) is 2.68. The number of nitrogens with zero attached hydrogens (tertiary/aromatic N) is 4. The maximum atomic E-state index is 12.2. The largest absolute Gasteiger partial charge is 0.355 e. The number of Topliss-reactive ketones (excluding diaryl/α,β-unsaturated/α-hetero) is 1. The van der Waals surface area contributed by atoms with Crippen LogP contribution in [0.3, 0.4) is 0 Å². The molecule has 0 bridgehead atoms. The molecule has 0 atom stereocenters. The summed E-state index contributed by atoms with van der Waals surface area (Å²) in [6, 6.07) is 10.9. The molecule has 146 valence electrons. The van der Waals surface area contributed by atoms with Gasteiger partial charge in [0.2, 0.25) is 0 Å². The van der Waals surface area contributed by atoms with Crippen molar-refractivity contribution >= 4 is 24.0 Å². The monoisotopic (exact) mass is 392 g/mol. The number of anilines is 1. The highest BCUT2D eigenvalue weighted by molar-refractivity contribution is 5.96. The second kappa shape index (κ2) is 9.01. The first kappa shape index (κ1) is 20.9. The molecule has 1 aromatic heterocycles. The molecule has 0 amide bonds. The van der Waals surface area contributed by atoms with Gasteiger partial charge in [0, 0.05) is 64.9 Å². The zero-order valence-electron chi connectivity index (χ0n) is 15.6. The number of hydrogen-bond donors (Lipinski definition) is 0. The number of halogens is 1. The average molecular weight is 393 g/mol. The highest BCUT2D eigenvalue weighted by Gasteiger charge is 2.20. The van der Waals surface area contributed by atoms with E-state index in [1.54, 1.807) is 7.05 Å². The van der Waals surface area contributed by atoms with Crippen molar-refractivity contribution < 1.29 is 4.79 Å². The van der Waals surface area contributed by atoms with E-state index in [9.17, 15) is 14.4 Å². The van der Waals surface area contributed by atoms with Gasteiger partial charge in [-0.15, -0.1) is 12.4 Å². The highest BCUT2D eigenvalue weighted by Crippen LogP contribution is 2.13. The van der Waals surface area contributed by atoms with Crippen LogP contribution in [-0.2, 0) is 14.1 Å². The number of aromatic nitrogens is 2. The number of hydrogen-bond acceptors (Lipinski definition) is 5. The first-order valence-corrected chi connectivity index (χ1v) is 8.80. The molecule has 2 aromatic rings. The molecule has 27 heavy (non-hydrogen) atoms. The van der Waals surface area contributed by atoms with Crippen LogP contribution in [0.25, 0.3) is 0 Å². The van der Waals surface area contributed by atoms with Crippen molar-refractivity contribution in [3.8, 4) is 0 Å². The quantitative estimate of drug-likeness (QED) is 0.707. The van der Waals surface area contributed by atoms with Crippen LogP contribution >= 0.6 is 12.4 Å². The van der Waals surface area contributed by atoms with Gasteiger partial charge >= 0.3 is 5.69 Å². The first-order chi connectivity index (χ1) is 12.5. The Bertz CT molecular complexity index is 899. The molecule has 1 fully saturated rings. The Hall–Kier alpha value is -2.38. The lowest BCUT2D eigenvalue weighted by molar-refractivity contribution is 0.0962. The molecule has 1 saturated heterocycles. The highest BCUT2D eigenvalue weighted by atomic mass is 35.5. The Morgan fingerprint density at radius 3 is 2.22 bits per heavy atom. The summed E-state index contributed by atoms with van der Waals surface area (Å²) >= 11 is 0. The van der Waals surface area contributed by atoms with Crippen molar-refractivity contribution in [1.82, 2.24) is 14.0 Å². The second-order valence-electron chi connectivity index (χ2n) is 6.61. The molecule has 3 rings (SSSR count). The molecule has 0 aliphatic carbocycles. The van der Waals surface area contributed by atoms with Crippen molar-refractivity contribution in [1.29, 1.82) is 0 Å². The van der Waals surface area contributed by atoms with Gasteiger partial charge in [-0.2, -0.15) is 0 Å². The third-order valence-electron chi connectivity index (χ3n) is 4.95. The SMILES string of the molecule is Cl.Cn1c(N2CCN(CCC(=O)c3ccccc3)CC2)cc(=O)n(C)c1=O. The fraction of sp³-hybridized carbons (Fsp3) is 0.421. The number of rotatable bonds is 5. The van der Waals surface area contributed by atoms with Gasteiger partial charge in [0.1, 0.15) is 5.82 Å². The van der Waals surface area contributed by atoms with Gasteiger partial charge in [-0.3, -0.25) is 23.6 Å². The number of carbonyl (C=O) groups is 1. The van der Waals surface area contributed by atoms with E-state index in [1.165, 1.54) is 17.7 Å². The van der Waals surface area contributed by atoms with Crippen LogP contribution in [-0.4, -0.2) is 52.5 Å². The number of carbonyl (C=O) groups excluding carboxylic acids is 1. The minimum atomic E-state index is -0.316. The van der Waals surface area contributed by atoms with Crippen LogP contribution in [0.5, 0.6) is 0 Å². The van der Waals surface area contributed by atoms with Crippen molar-refractivity contribution in [3.63, 3.8) is 0 Å². The molecular weight excluding hydrogens is 368 g/mol. The summed E-state index contributed by atoms with van der Waals surface area (Å²) in [6.45, 7) is 3.76. The van der Waals surface area contributed by atoms with E-state index in [0.29, 0.717) is 12.2 Å². The van der Waals surface area contributed by atoms with E-state index in [4.69, 9.17) is 0 Å². The van der Waals surface area contributed by atoms with Gasteiger partial charge in [-0.25, -0.2) is 4.79 Å². The Labute approximate surface area is 164 Å². The lowest BCUT2D eigenvalue weighted by Gasteiger charge is -2.36. The zero-order valence-corrected chi connectivity index (χ0v) is 16.4. The minimum absolute atomic E-state index is 0. The maximum Gasteiger partial charge on any atom is 0.332 e. The van der Waals surface area contributed by atoms with Crippen LogP contribution in [0, 0.1) is 0 Å². The van der Waals surface area contributed by atoms with Crippen LogP contribution in [0.15, 0.2) is 46.0 Å². The topological polar surface area (TPSA) is 67.5 Å². The van der Waals surface area contributed by atoms with E-state index in [1.807, 2.05) is 30.3 Å². The van der Waals surface area contributed by atoms with Crippen LogP contribution in [0.1, 0.15) is 16.8 Å². The summed E-state index contributed by atoms with van der Waals surface area (Å²) in [6.07, 6.45) is 0.494. The number of benzene rings is 1. The van der Waals surface area contributed by atoms with E-state index >= 15 is 0 Å². The van der Waals surface area contributed by atoms with Crippen LogP contribution in [0.4, 0.5) is 5.82 Å². The molecule has 7 nitrogen and oxygen atoms in total. The molecule has 1 aromatic carbocycles. The summed E-state index contributed by atoms with van der Waals surface area (Å²) in [5, 5.41) is 0. The van der Waals surface area contributed by atoms with Gasteiger partial charge in [-0.05, 0) is 0 Å². The van der Waals surface area contributed by atoms with Crippen molar-refractivity contribution in [2.75, 3.05) is 37.6 Å². The Balaban J connectivity index is 0.00000261. The maximum absolute atomic E-state index is 12.2. The minimum Gasteiger partial charge on any atom is -0.355 e. The summed E-state index contributed by atoms with van der Waals surface area (Å²) in [5.74, 6) is 0.806. The normalized spacial score (nSPS) is 14.7. The zero-order chi connectivity index (χ0) is 18.7. The molecule has 2 heterocycles. The molecule has 0 spiro atoms. The third-order valence-corrected chi connectivity index (χ3v) is 4.95. The molecular formula is C19H25ClN4O3. The van der Waals surface area contributed by atoms with Crippen molar-refractivity contribution in [2.45, 2.75) is 6.42 Å². The summed E-state index contributed by atoms with van der Waals surface area (Å²) in [5.41, 5.74) is 0.142. The van der Waals surface area contributed by atoms with E-state index in [-0.39, 0.29) is 29.4 Å². The van der Waals surface area contributed by atoms with Crippen LogP contribution < -0.4 is 16.1 Å². The molecule has 8 heteroatoms. The van der Waals surface area contributed by atoms with E-state index in [2.05, 4.69) is 9.80 Å². The smallest absolute Gasteiger partial charge is 0.332 e. The van der Waals surface area contributed by atoms with Gasteiger partial charge in [0.05, 0.1) is 0 Å².